The summed E-state index contributed by atoms with van der Waals surface area (Å²) >= 11 is 0. The van der Waals surface area contributed by atoms with E-state index in [4.69, 9.17) is 14.2 Å². The molecule has 0 aromatic heterocycles. The number of rotatable bonds is 19. The van der Waals surface area contributed by atoms with Gasteiger partial charge in [-0.3, -0.25) is 33.6 Å². The molecule has 75 heavy (non-hydrogen) atoms. The van der Waals surface area contributed by atoms with Crippen molar-refractivity contribution in [2.45, 2.75) is 114 Å². The van der Waals surface area contributed by atoms with Crippen molar-refractivity contribution in [3.8, 4) is 0 Å². The van der Waals surface area contributed by atoms with Crippen molar-refractivity contribution in [1.29, 1.82) is 0 Å². The summed E-state index contributed by atoms with van der Waals surface area (Å²) in [5.74, 6) is -55.0. The molecule has 0 spiro atoms. The molecule has 0 aromatic carbocycles. The average molecular weight is 1140 g/mol. The van der Waals surface area contributed by atoms with Crippen molar-refractivity contribution in [3.05, 3.63) is 0 Å². The van der Waals surface area contributed by atoms with Crippen LogP contribution in [-0.2, 0) is 66.9 Å². The molecule has 16 atom stereocenters. The number of alkyl halides is 15. The van der Waals surface area contributed by atoms with E-state index in [0.29, 0.717) is 0 Å². The molecule has 32 heteroatoms. The van der Waals surface area contributed by atoms with Gasteiger partial charge < -0.3 is 24.1 Å². The Morgan fingerprint density at radius 2 is 1.31 bits per heavy atom. The van der Waals surface area contributed by atoms with E-state index in [2.05, 4.69) is 9.02 Å². The number of esters is 5. The number of aliphatic hydroxyl groups is 1. The summed E-state index contributed by atoms with van der Waals surface area (Å²) in [5, 5.41) is 0.562. The Labute approximate surface area is 415 Å². The fourth-order valence-corrected chi connectivity index (χ4v) is 13.6. The molecule has 2 amide bonds. The van der Waals surface area contributed by atoms with Gasteiger partial charge in [-0.25, -0.2) is 4.39 Å². The van der Waals surface area contributed by atoms with Gasteiger partial charge in [0.15, 0.2) is 6.61 Å². The number of hydrogen-bond acceptors (Lipinski definition) is 15. The Morgan fingerprint density at radius 1 is 0.747 bits per heavy atom. The molecule has 4 bridgehead atoms. The summed E-state index contributed by atoms with van der Waals surface area (Å²) in [6.45, 7) is 3.35. The molecule has 2 heterocycles. The van der Waals surface area contributed by atoms with Crippen LogP contribution in [0.25, 0.3) is 0 Å². The van der Waals surface area contributed by atoms with Crippen LogP contribution in [0.15, 0.2) is 0 Å². The second-order valence-corrected chi connectivity index (χ2v) is 22.4. The summed E-state index contributed by atoms with van der Waals surface area (Å²) in [6.07, 6.45) is -20.4. The highest BCUT2D eigenvalue weighted by Crippen LogP contribution is 2.71. The van der Waals surface area contributed by atoms with Crippen LogP contribution in [0.1, 0.15) is 66.7 Å². The standard InChI is InChI=1S/C43H48F15NO15S/c1-6-15(31(63)73-37(3,4)5)9-21(33(65)71-13-38(45,46)36(44)39(47,48)49)27-28(35(67)72-34(27)66)24-20-12-19(23(24)22-14(2)17-10-16(22)11-18(17)32(64)70-8-7-60)25-26(20)30(62)59(29(25)61)74-75(68,69)43(57,58)41(52,53)40(50,51)42(54,55)56/h14-28,36,60H,6-13H2,1-5H3. The minimum atomic E-state index is -7.94. The van der Waals surface area contributed by atoms with Crippen LogP contribution in [0.2, 0.25) is 0 Å². The van der Waals surface area contributed by atoms with Gasteiger partial charge in [0.2, 0.25) is 0 Å². The monoisotopic (exact) mass is 1140 g/mol. The van der Waals surface area contributed by atoms with E-state index in [0.717, 1.165) is 0 Å². The molecule has 426 valence electrons. The first kappa shape index (κ1) is 59.7. The van der Waals surface area contributed by atoms with Crippen LogP contribution in [-0.4, -0.2) is 127 Å². The number of nitrogens with zero attached hydrogens (tertiary/aromatic N) is 1. The number of carbonyl (C=O) groups is 7. The highest BCUT2D eigenvalue weighted by Gasteiger charge is 2.86. The normalized spacial score (nSPS) is 32.7. The van der Waals surface area contributed by atoms with E-state index >= 15 is 0 Å². The van der Waals surface area contributed by atoms with E-state index in [1.807, 2.05) is 0 Å². The SMILES string of the molecule is CCC(CC(C(=O)OCC(F)(F)C(F)C(F)(F)F)C1C(=O)OC(=O)C1C1C2CC(C3C(=O)N(OS(=O)(=O)C(F)(F)C(F)(F)C(F)(F)C(F)(F)F)C(=O)C23)C1C1C2CC(C(=O)OCCO)C(C2)C1C)C(=O)OC(C)(C)C. The molecule has 6 rings (SSSR count). The molecule has 0 aromatic rings. The highest BCUT2D eigenvalue weighted by atomic mass is 32.2. The third-order valence-corrected chi connectivity index (χ3v) is 16.8. The first-order chi connectivity index (χ1) is 34.0. The molecule has 0 radical (unpaired) electrons. The van der Waals surface area contributed by atoms with Gasteiger partial charge in [-0.2, -0.15) is 69.9 Å². The quantitative estimate of drug-likeness (QED) is 0.0488. The molecule has 4 saturated carbocycles. The van der Waals surface area contributed by atoms with Gasteiger partial charge in [0.05, 0.1) is 48.0 Å². The fraction of sp³-hybridized carbons (Fsp3) is 0.837. The van der Waals surface area contributed by atoms with Crippen LogP contribution in [0.3, 0.4) is 0 Å². The molecule has 6 fully saturated rings. The second-order valence-electron chi connectivity index (χ2n) is 20.8. The number of hydroxylamine groups is 2. The highest BCUT2D eigenvalue weighted by molar-refractivity contribution is 7.87. The summed E-state index contributed by atoms with van der Waals surface area (Å²) in [6, 6.07) is 0. The topological polar surface area (TPSA) is 223 Å². The van der Waals surface area contributed by atoms with Crippen LogP contribution in [0.5, 0.6) is 0 Å². The molecule has 6 aliphatic rings. The largest absolute Gasteiger partial charge is 0.463 e. The Bertz CT molecular complexity index is 2410. The van der Waals surface area contributed by atoms with Gasteiger partial charge >= 0.3 is 75.3 Å². The van der Waals surface area contributed by atoms with Gasteiger partial charge in [-0.05, 0) is 100 Å². The molecule has 4 aliphatic carbocycles. The van der Waals surface area contributed by atoms with Gasteiger partial charge in [-0.1, -0.05) is 13.8 Å². The average Bonchev–Trinajstić information content (AvgIpc) is 4.12. The maximum absolute atomic E-state index is 14.9. The lowest BCUT2D eigenvalue weighted by Gasteiger charge is -2.47. The van der Waals surface area contributed by atoms with Crippen molar-refractivity contribution in [1.82, 2.24) is 5.06 Å². The number of carbonyl (C=O) groups excluding carboxylic acids is 7. The van der Waals surface area contributed by atoms with Crippen molar-refractivity contribution in [3.63, 3.8) is 0 Å². The van der Waals surface area contributed by atoms with E-state index in [9.17, 15) is 113 Å². The lowest BCUT2D eigenvalue weighted by molar-refractivity contribution is -0.383. The predicted octanol–water partition coefficient (Wildman–Crippen LogP) is 6.37. The van der Waals surface area contributed by atoms with Gasteiger partial charge in [0.25, 0.3) is 18.0 Å². The van der Waals surface area contributed by atoms with Crippen molar-refractivity contribution in [2.24, 2.45) is 88.8 Å². The number of cyclic esters (lactones) is 2. The molecular weight excluding hydrogens is 1090 g/mol. The third-order valence-electron chi connectivity index (χ3n) is 15.5. The Morgan fingerprint density at radius 3 is 1.80 bits per heavy atom. The number of ether oxygens (including phenoxy) is 4. The van der Waals surface area contributed by atoms with Crippen LogP contribution in [0.4, 0.5) is 65.9 Å². The summed E-state index contributed by atoms with van der Waals surface area (Å²) in [5.41, 5.74) is -1.28. The van der Waals surface area contributed by atoms with Crippen molar-refractivity contribution < 1.29 is 136 Å². The van der Waals surface area contributed by atoms with E-state index < -0.39 is 225 Å². The number of imide groups is 1. The molecule has 16 nitrogen and oxygen atoms in total. The van der Waals surface area contributed by atoms with Gasteiger partial charge in [0.1, 0.15) is 12.2 Å². The number of fused-ring (bicyclic) bond motifs is 7. The zero-order valence-electron chi connectivity index (χ0n) is 39.6. The molecule has 1 N–H and O–H groups in total. The number of halogens is 15. The van der Waals surface area contributed by atoms with Crippen LogP contribution >= 0.6 is 0 Å². The minimum absolute atomic E-state index is 0.0347. The lowest BCUT2D eigenvalue weighted by atomic mass is 9.55. The zero-order chi connectivity index (χ0) is 57.0. The smallest absolute Gasteiger partial charge is 0.460 e. The van der Waals surface area contributed by atoms with E-state index in [1.165, 1.54) is 27.7 Å². The summed E-state index contributed by atoms with van der Waals surface area (Å²) < 4.78 is 257. The predicted molar refractivity (Wildman–Crippen MR) is 211 cm³/mol. The van der Waals surface area contributed by atoms with Gasteiger partial charge in [-0.15, -0.1) is 9.35 Å². The molecule has 16 unspecified atom stereocenters. The summed E-state index contributed by atoms with van der Waals surface area (Å²) in [4.78, 5) is 97.1. The van der Waals surface area contributed by atoms with E-state index in [-0.39, 0.29) is 19.3 Å². The molecule has 2 saturated heterocycles. The van der Waals surface area contributed by atoms with E-state index in [1.54, 1.807) is 6.92 Å². The Kier molecular flexibility index (Phi) is 15.7. The molecule has 2 aliphatic heterocycles. The van der Waals surface area contributed by atoms with Crippen LogP contribution < -0.4 is 0 Å². The number of aliphatic hydroxyl groups excluding tert-OH is 1. The number of amides is 2. The maximum Gasteiger partial charge on any atom is 0.460 e. The van der Waals surface area contributed by atoms with Crippen molar-refractivity contribution in [2.75, 3.05) is 19.8 Å². The maximum atomic E-state index is 14.9. The van der Waals surface area contributed by atoms with Crippen LogP contribution in [0, 0.1) is 88.8 Å². The Balaban J connectivity index is 1.46. The first-order valence-electron chi connectivity index (χ1n) is 23.1. The van der Waals surface area contributed by atoms with Crippen molar-refractivity contribution >= 4 is 51.8 Å². The number of hydrogen-bond donors (Lipinski definition) is 1. The first-order valence-corrected chi connectivity index (χ1v) is 24.5. The third kappa shape index (κ3) is 10.1. The second kappa shape index (κ2) is 19.8. The minimum Gasteiger partial charge on any atom is -0.463 e. The summed E-state index contributed by atoms with van der Waals surface area (Å²) in [7, 11) is -7.94. The zero-order valence-corrected chi connectivity index (χ0v) is 40.4. The fourth-order valence-electron chi connectivity index (χ4n) is 12.7. The lowest BCUT2D eigenvalue weighted by Crippen LogP contribution is -2.64. The molecular formula is C43H48F15NO15S. The van der Waals surface area contributed by atoms with Gasteiger partial charge in [0, 0.05) is 0 Å². The Hall–Kier alpha value is -4.49.